The van der Waals surface area contributed by atoms with Crippen LogP contribution >= 0.6 is 11.6 Å². The van der Waals surface area contributed by atoms with E-state index in [2.05, 4.69) is 17.1 Å². The maximum absolute atomic E-state index is 9.43. The number of fused-ring (bicyclic) bond motifs is 1. The van der Waals surface area contributed by atoms with Crippen LogP contribution in [-0.2, 0) is 0 Å². The van der Waals surface area contributed by atoms with Gasteiger partial charge in [-0.3, -0.25) is 0 Å². The molecule has 0 bridgehead atoms. The molecule has 3 atom stereocenters. The van der Waals surface area contributed by atoms with Gasteiger partial charge >= 0.3 is 0 Å². The van der Waals surface area contributed by atoms with Gasteiger partial charge in [-0.1, -0.05) is 23.7 Å². The molecule has 2 aliphatic heterocycles. The van der Waals surface area contributed by atoms with E-state index in [0.29, 0.717) is 5.02 Å². The van der Waals surface area contributed by atoms with Crippen molar-refractivity contribution in [3.63, 3.8) is 0 Å². The molecule has 5 heteroatoms. The molecule has 0 amide bonds. The number of benzene rings is 1. The summed E-state index contributed by atoms with van der Waals surface area (Å²) in [6.07, 6.45) is 1.04. The molecule has 0 saturated carbocycles. The molecule has 0 N–H and O–H groups in total. The van der Waals surface area contributed by atoms with Crippen LogP contribution in [0.5, 0.6) is 0 Å². The van der Waals surface area contributed by atoms with Gasteiger partial charge in [0.25, 0.3) is 0 Å². The Labute approximate surface area is 117 Å². The fourth-order valence-electron chi connectivity index (χ4n) is 3.12. The summed E-state index contributed by atoms with van der Waals surface area (Å²) in [7, 11) is 0. The second-order valence-corrected chi connectivity index (χ2v) is 5.34. The van der Waals surface area contributed by atoms with Crippen LogP contribution < -0.4 is 0 Å². The lowest BCUT2D eigenvalue weighted by Crippen LogP contribution is -2.35. The van der Waals surface area contributed by atoms with Crippen molar-refractivity contribution in [1.29, 1.82) is 10.5 Å². The first-order valence-electron chi connectivity index (χ1n) is 6.34. The van der Waals surface area contributed by atoms with Crippen molar-refractivity contribution in [3.8, 4) is 12.1 Å². The highest BCUT2D eigenvalue weighted by Crippen LogP contribution is 2.43. The number of nitrogens with zero attached hydrogens (tertiary/aromatic N) is 4. The van der Waals surface area contributed by atoms with Gasteiger partial charge in [0.1, 0.15) is 6.04 Å². The molecule has 1 aromatic rings. The van der Waals surface area contributed by atoms with E-state index in [0.717, 1.165) is 25.1 Å². The van der Waals surface area contributed by atoms with Crippen LogP contribution in [0.15, 0.2) is 24.3 Å². The Morgan fingerprint density at radius 2 is 1.74 bits per heavy atom. The second kappa shape index (κ2) is 4.83. The smallest absolute Gasteiger partial charge is 0.129 e. The van der Waals surface area contributed by atoms with E-state index in [1.807, 2.05) is 29.3 Å². The van der Waals surface area contributed by atoms with E-state index in [1.54, 1.807) is 0 Å². The summed E-state index contributed by atoms with van der Waals surface area (Å²) in [6.45, 7) is 1.77. The number of hydrogen-bond acceptors (Lipinski definition) is 4. The van der Waals surface area contributed by atoms with Crippen molar-refractivity contribution in [2.45, 2.75) is 18.5 Å². The Morgan fingerprint density at radius 3 is 2.37 bits per heavy atom. The predicted molar refractivity (Wildman–Crippen MR) is 70.7 cm³/mol. The molecular weight excluding hydrogens is 260 g/mol. The fraction of sp³-hybridized carbons (Fsp3) is 0.429. The summed E-state index contributed by atoms with van der Waals surface area (Å²) in [5.41, 5.74) is 1.06. The zero-order valence-corrected chi connectivity index (χ0v) is 11.1. The summed E-state index contributed by atoms with van der Waals surface area (Å²) >= 11 is 5.91. The van der Waals surface area contributed by atoms with Gasteiger partial charge in [-0.2, -0.15) is 10.5 Å². The quantitative estimate of drug-likeness (QED) is 0.787. The second-order valence-electron chi connectivity index (χ2n) is 4.90. The molecule has 19 heavy (non-hydrogen) atoms. The summed E-state index contributed by atoms with van der Waals surface area (Å²) in [4.78, 5) is 0. The van der Waals surface area contributed by atoms with E-state index < -0.39 is 0 Å². The first-order chi connectivity index (χ1) is 9.26. The van der Waals surface area contributed by atoms with E-state index in [-0.39, 0.29) is 18.0 Å². The molecule has 4 nitrogen and oxygen atoms in total. The van der Waals surface area contributed by atoms with Crippen molar-refractivity contribution in [2.24, 2.45) is 5.92 Å². The Hall–Kier alpha value is -1.59. The normalized spacial score (nSPS) is 30.8. The number of nitriles is 2. The molecule has 1 aromatic carbocycles. The minimum Gasteiger partial charge on any atom is -0.232 e. The van der Waals surface area contributed by atoms with Gasteiger partial charge in [0.05, 0.1) is 24.1 Å². The van der Waals surface area contributed by atoms with Crippen LogP contribution in [0.3, 0.4) is 0 Å². The standard InChI is InChI=1S/C14H13ClN4/c15-11-4-2-10(3-5-11)14-12(8-16)13(9-17)18-6-1-7-19(14)18/h2-5,12-14H,1,6-7H2/t12-,13-,14+/m1/s1. The van der Waals surface area contributed by atoms with Gasteiger partial charge in [0.2, 0.25) is 0 Å². The van der Waals surface area contributed by atoms with Crippen LogP contribution in [0.2, 0.25) is 5.02 Å². The van der Waals surface area contributed by atoms with Gasteiger partial charge in [-0.05, 0) is 24.1 Å². The number of hydrazine groups is 1. The molecular formula is C14H13ClN4. The van der Waals surface area contributed by atoms with Gasteiger partial charge in [0.15, 0.2) is 0 Å². The number of rotatable bonds is 1. The highest BCUT2D eigenvalue weighted by molar-refractivity contribution is 6.30. The maximum atomic E-state index is 9.43. The van der Waals surface area contributed by atoms with Gasteiger partial charge < -0.3 is 0 Å². The lowest BCUT2D eigenvalue weighted by Gasteiger charge is -2.25. The zero-order valence-electron chi connectivity index (χ0n) is 10.3. The van der Waals surface area contributed by atoms with Crippen LogP contribution in [0.4, 0.5) is 0 Å². The maximum Gasteiger partial charge on any atom is 0.129 e. The lowest BCUT2D eigenvalue weighted by atomic mass is 9.90. The van der Waals surface area contributed by atoms with Crippen molar-refractivity contribution in [2.75, 3.05) is 13.1 Å². The Bertz CT molecular complexity index is 556. The van der Waals surface area contributed by atoms with Gasteiger partial charge in [-0.15, -0.1) is 0 Å². The molecule has 0 spiro atoms. The highest BCUT2D eigenvalue weighted by atomic mass is 35.5. The van der Waals surface area contributed by atoms with Gasteiger partial charge in [-0.25, -0.2) is 10.0 Å². The van der Waals surface area contributed by atoms with Crippen LogP contribution in [-0.4, -0.2) is 29.1 Å². The van der Waals surface area contributed by atoms with E-state index >= 15 is 0 Å². The summed E-state index contributed by atoms with van der Waals surface area (Å²) in [5, 5.41) is 23.7. The average molecular weight is 273 g/mol. The van der Waals surface area contributed by atoms with Gasteiger partial charge in [0, 0.05) is 18.1 Å². The van der Waals surface area contributed by atoms with Crippen LogP contribution in [0.1, 0.15) is 18.0 Å². The largest absolute Gasteiger partial charge is 0.232 e. The Balaban J connectivity index is 2.01. The average Bonchev–Trinajstić information content (AvgIpc) is 2.98. The molecule has 2 heterocycles. The van der Waals surface area contributed by atoms with Crippen LogP contribution in [0.25, 0.3) is 0 Å². The van der Waals surface area contributed by atoms with Crippen molar-refractivity contribution in [1.82, 2.24) is 10.0 Å². The summed E-state index contributed by atoms with van der Waals surface area (Å²) in [5.74, 6) is -0.313. The Kier molecular flexibility index (Phi) is 3.16. The van der Waals surface area contributed by atoms with E-state index in [4.69, 9.17) is 11.6 Å². The minimum absolute atomic E-state index is 0.0329. The molecule has 2 aliphatic rings. The monoisotopic (exact) mass is 272 g/mol. The third kappa shape index (κ3) is 1.89. The SMILES string of the molecule is N#C[C@@H]1[C@@H](C#N)N2CCCN2[C@H]1c1ccc(Cl)cc1. The molecule has 0 unspecified atom stereocenters. The third-order valence-corrected chi connectivity index (χ3v) is 4.17. The molecule has 0 radical (unpaired) electrons. The minimum atomic E-state index is -0.340. The fourth-order valence-corrected chi connectivity index (χ4v) is 3.25. The zero-order chi connectivity index (χ0) is 13.4. The molecule has 2 fully saturated rings. The molecule has 96 valence electrons. The number of hydrogen-bond donors (Lipinski definition) is 0. The van der Waals surface area contributed by atoms with Crippen molar-refractivity contribution in [3.05, 3.63) is 34.9 Å². The molecule has 0 aliphatic carbocycles. The predicted octanol–water partition coefficient (Wildman–Crippen LogP) is 2.35. The first kappa shape index (κ1) is 12.4. The van der Waals surface area contributed by atoms with Crippen molar-refractivity contribution < 1.29 is 0 Å². The molecule has 0 aromatic heterocycles. The Morgan fingerprint density at radius 1 is 1.05 bits per heavy atom. The summed E-state index contributed by atoms with van der Waals surface area (Å²) < 4.78 is 0. The van der Waals surface area contributed by atoms with E-state index in [9.17, 15) is 10.5 Å². The summed E-state index contributed by atoms with van der Waals surface area (Å²) in [6, 6.07) is 11.8. The van der Waals surface area contributed by atoms with Crippen molar-refractivity contribution >= 4 is 11.6 Å². The molecule has 2 saturated heterocycles. The first-order valence-corrected chi connectivity index (χ1v) is 6.72. The lowest BCUT2D eigenvalue weighted by molar-refractivity contribution is 0.0383. The van der Waals surface area contributed by atoms with E-state index in [1.165, 1.54) is 0 Å². The number of halogens is 1. The highest BCUT2D eigenvalue weighted by Gasteiger charge is 2.50. The third-order valence-electron chi connectivity index (χ3n) is 3.92. The topological polar surface area (TPSA) is 54.1 Å². The van der Waals surface area contributed by atoms with Crippen LogP contribution in [0, 0.1) is 28.6 Å². The molecule has 3 rings (SSSR count).